The number of aliphatic hydroxyl groups excluding tert-OH is 1. The number of aromatic nitrogens is 6. The van der Waals surface area contributed by atoms with Crippen LogP contribution >= 0.6 is 0 Å². The molecule has 9 nitrogen and oxygen atoms in total. The second kappa shape index (κ2) is 7.16. The molecule has 6 rings (SSSR count). The van der Waals surface area contributed by atoms with Gasteiger partial charge >= 0.3 is 0 Å². The van der Waals surface area contributed by atoms with E-state index in [4.69, 9.17) is 5.73 Å². The first-order valence-corrected chi connectivity index (χ1v) is 10.8. The van der Waals surface area contributed by atoms with E-state index in [0.717, 1.165) is 41.2 Å². The summed E-state index contributed by atoms with van der Waals surface area (Å²) in [5.74, 6) is 0.693. The second-order valence-corrected chi connectivity index (χ2v) is 8.70. The third kappa shape index (κ3) is 3.04. The first-order chi connectivity index (χ1) is 15.6. The molecule has 162 valence electrons. The zero-order valence-corrected chi connectivity index (χ0v) is 17.3. The van der Waals surface area contributed by atoms with Crippen molar-refractivity contribution in [2.45, 2.75) is 37.8 Å². The molecule has 0 radical (unpaired) electrons. The monoisotopic (exact) mass is 429 g/mol. The summed E-state index contributed by atoms with van der Waals surface area (Å²) in [7, 11) is 0. The number of rotatable bonds is 4. The van der Waals surface area contributed by atoms with Crippen LogP contribution in [0.15, 0.2) is 47.7 Å². The number of nitrogens with zero attached hydrogens (tertiary/aromatic N) is 4. The standard InChI is InChI=1S/C23H23N7O2/c24-20-16-5-6-30(22(16)26-11-25-20)15-8-14(19(31)10-15)4-2-12-1-3-13-9-17-21(27-18(13)7-12)28-29-23(17)32/h1,3,5-7,9,11,14-15,19,31H,2,4,8,10H2,(H2,24,25,26)(H2,27,28,29,32)/t14-,15+,19-/m0/s1. The first-order valence-electron chi connectivity index (χ1n) is 10.8. The van der Waals surface area contributed by atoms with Crippen LogP contribution in [0, 0.1) is 5.92 Å². The van der Waals surface area contributed by atoms with E-state index in [1.807, 2.05) is 24.4 Å². The Labute approximate surface area is 182 Å². The number of aromatic amines is 2. The molecule has 0 spiro atoms. The number of nitrogens with one attached hydrogen (secondary N) is 2. The molecule has 1 aliphatic rings. The van der Waals surface area contributed by atoms with Crippen LogP contribution in [-0.4, -0.2) is 40.9 Å². The van der Waals surface area contributed by atoms with E-state index in [9.17, 15) is 9.90 Å². The minimum absolute atomic E-state index is 0.159. The number of hydrogen-bond donors (Lipinski definition) is 4. The fourth-order valence-corrected chi connectivity index (χ4v) is 5.07. The van der Waals surface area contributed by atoms with Gasteiger partial charge < -0.3 is 15.4 Å². The number of nitrogens with two attached hydrogens (primary N) is 1. The summed E-state index contributed by atoms with van der Waals surface area (Å²) in [4.78, 5) is 24.8. The van der Waals surface area contributed by atoms with Crippen molar-refractivity contribution in [2.75, 3.05) is 5.73 Å². The number of anilines is 1. The molecule has 0 unspecified atom stereocenters. The van der Waals surface area contributed by atoms with E-state index in [1.54, 1.807) is 0 Å². The van der Waals surface area contributed by atoms with Crippen LogP contribution in [0.5, 0.6) is 0 Å². The molecule has 0 amide bonds. The number of H-pyrrole nitrogens is 2. The molecule has 1 aromatic carbocycles. The highest BCUT2D eigenvalue weighted by Gasteiger charge is 2.34. The predicted molar refractivity (Wildman–Crippen MR) is 122 cm³/mol. The van der Waals surface area contributed by atoms with Crippen LogP contribution in [0.4, 0.5) is 5.82 Å². The lowest BCUT2D eigenvalue weighted by atomic mass is 9.96. The maximum atomic E-state index is 11.8. The van der Waals surface area contributed by atoms with Crippen molar-refractivity contribution in [1.82, 2.24) is 29.7 Å². The quantitative estimate of drug-likeness (QED) is 0.346. The number of aliphatic hydroxyl groups is 1. The van der Waals surface area contributed by atoms with Crippen molar-refractivity contribution < 1.29 is 5.11 Å². The van der Waals surface area contributed by atoms with Gasteiger partial charge in [0, 0.05) is 17.6 Å². The summed E-state index contributed by atoms with van der Waals surface area (Å²) in [5, 5.41) is 18.5. The Morgan fingerprint density at radius 1 is 1.12 bits per heavy atom. The minimum atomic E-state index is -0.347. The van der Waals surface area contributed by atoms with Gasteiger partial charge in [-0.2, -0.15) is 0 Å². The van der Waals surface area contributed by atoms with Gasteiger partial charge in [-0.3, -0.25) is 15.0 Å². The number of nitrogen functional groups attached to an aromatic ring is 1. The number of hydrogen-bond acceptors (Lipinski definition) is 6. The summed E-state index contributed by atoms with van der Waals surface area (Å²) in [6.07, 6.45) is 6.48. The lowest BCUT2D eigenvalue weighted by Gasteiger charge is -2.15. The first kappa shape index (κ1) is 19.0. The summed E-state index contributed by atoms with van der Waals surface area (Å²) < 4.78 is 2.12. The van der Waals surface area contributed by atoms with Gasteiger partial charge in [-0.05, 0) is 55.4 Å². The largest absolute Gasteiger partial charge is 0.393 e. The summed E-state index contributed by atoms with van der Waals surface area (Å²) >= 11 is 0. The molecule has 9 heteroatoms. The number of benzene rings is 1. The smallest absolute Gasteiger partial charge is 0.273 e. The Balaban J connectivity index is 1.20. The van der Waals surface area contributed by atoms with Crippen molar-refractivity contribution >= 4 is 38.8 Å². The topological polar surface area (TPSA) is 138 Å². The average molecular weight is 429 g/mol. The van der Waals surface area contributed by atoms with Crippen molar-refractivity contribution in [3.63, 3.8) is 0 Å². The highest BCUT2D eigenvalue weighted by molar-refractivity contribution is 5.91. The normalized spacial score (nSPS) is 21.2. The van der Waals surface area contributed by atoms with E-state index in [1.165, 1.54) is 11.9 Å². The van der Waals surface area contributed by atoms with E-state index in [2.05, 4.69) is 41.8 Å². The SMILES string of the molecule is Nc1ncnc2c1ccn2[C@@H]1C[C@H](CCc2ccc3cc4c(=O)[nH][nH]c4nc3c2)[C@@H](O)C1. The Bertz CT molecular complexity index is 1520. The van der Waals surface area contributed by atoms with Gasteiger partial charge in [-0.15, -0.1) is 0 Å². The number of pyridine rings is 1. The zero-order chi connectivity index (χ0) is 21.8. The zero-order valence-electron chi connectivity index (χ0n) is 17.3. The number of fused-ring (bicyclic) bond motifs is 3. The Morgan fingerprint density at radius 3 is 2.94 bits per heavy atom. The van der Waals surface area contributed by atoms with Gasteiger partial charge in [-0.25, -0.2) is 15.0 Å². The molecule has 5 N–H and O–H groups in total. The summed E-state index contributed by atoms with van der Waals surface area (Å²) in [6.45, 7) is 0. The molecule has 5 aromatic rings. The van der Waals surface area contributed by atoms with E-state index in [-0.39, 0.29) is 23.6 Å². The number of aryl methyl sites for hydroxylation is 1. The van der Waals surface area contributed by atoms with Crippen LogP contribution < -0.4 is 11.3 Å². The average Bonchev–Trinajstić information content (AvgIpc) is 3.48. The van der Waals surface area contributed by atoms with E-state index >= 15 is 0 Å². The van der Waals surface area contributed by atoms with E-state index in [0.29, 0.717) is 23.3 Å². The maximum absolute atomic E-state index is 11.8. The molecular formula is C23H23N7O2. The molecule has 0 aliphatic heterocycles. The molecule has 0 saturated heterocycles. The minimum Gasteiger partial charge on any atom is -0.393 e. The van der Waals surface area contributed by atoms with Crippen LogP contribution in [0.25, 0.3) is 33.0 Å². The van der Waals surface area contributed by atoms with Gasteiger partial charge in [0.2, 0.25) is 0 Å². The highest BCUT2D eigenvalue weighted by Crippen LogP contribution is 2.39. The molecule has 1 fully saturated rings. The van der Waals surface area contributed by atoms with Crippen LogP contribution in [0.3, 0.4) is 0 Å². The van der Waals surface area contributed by atoms with Gasteiger partial charge in [-0.1, -0.05) is 12.1 Å². The van der Waals surface area contributed by atoms with Crippen LogP contribution in [-0.2, 0) is 6.42 Å². The van der Waals surface area contributed by atoms with Gasteiger partial charge in [0.05, 0.1) is 22.4 Å². The molecule has 3 atom stereocenters. The summed E-state index contributed by atoms with van der Waals surface area (Å²) in [5.41, 5.74) is 9.22. The lowest BCUT2D eigenvalue weighted by molar-refractivity contribution is 0.127. The lowest BCUT2D eigenvalue weighted by Crippen LogP contribution is -2.13. The second-order valence-electron chi connectivity index (χ2n) is 8.70. The molecular weight excluding hydrogens is 406 g/mol. The van der Waals surface area contributed by atoms with Gasteiger partial charge in [0.15, 0.2) is 5.65 Å². The molecule has 4 heterocycles. The van der Waals surface area contributed by atoms with Gasteiger partial charge in [0.1, 0.15) is 17.8 Å². The molecule has 1 saturated carbocycles. The molecule has 1 aliphatic carbocycles. The predicted octanol–water partition coefficient (Wildman–Crippen LogP) is 2.68. The Morgan fingerprint density at radius 2 is 2.03 bits per heavy atom. The third-order valence-corrected chi connectivity index (χ3v) is 6.79. The Hall–Kier alpha value is -3.72. The highest BCUT2D eigenvalue weighted by atomic mass is 16.3. The van der Waals surface area contributed by atoms with Crippen LogP contribution in [0.2, 0.25) is 0 Å². The van der Waals surface area contributed by atoms with Crippen molar-refractivity contribution in [1.29, 1.82) is 0 Å². The summed E-state index contributed by atoms with van der Waals surface area (Å²) in [6, 6.07) is 10.2. The fraction of sp³-hybridized carbons (Fsp3) is 0.304. The van der Waals surface area contributed by atoms with Crippen LogP contribution in [0.1, 0.15) is 30.9 Å². The van der Waals surface area contributed by atoms with Gasteiger partial charge in [0.25, 0.3) is 5.56 Å². The third-order valence-electron chi connectivity index (χ3n) is 6.79. The molecule has 0 bridgehead atoms. The Kier molecular flexibility index (Phi) is 4.25. The van der Waals surface area contributed by atoms with Crippen molar-refractivity contribution in [2.24, 2.45) is 5.92 Å². The fourth-order valence-electron chi connectivity index (χ4n) is 5.07. The maximum Gasteiger partial charge on any atom is 0.273 e. The van der Waals surface area contributed by atoms with E-state index < -0.39 is 0 Å². The van der Waals surface area contributed by atoms with Crippen molar-refractivity contribution in [3.05, 3.63) is 58.8 Å². The van der Waals surface area contributed by atoms with Crippen molar-refractivity contribution in [3.8, 4) is 0 Å². The molecule has 32 heavy (non-hydrogen) atoms. The molecule has 4 aromatic heterocycles.